The number of halogens is 2. The predicted molar refractivity (Wildman–Crippen MR) is 78.1 cm³/mol. The number of nitrogens with one attached hydrogen (secondary N) is 2. The Morgan fingerprint density at radius 3 is 3.06 bits per heavy atom. The van der Waals surface area contributed by atoms with Gasteiger partial charge in [0.2, 0.25) is 0 Å². The first-order valence-electron chi connectivity index (χ1n) is 4.81. The number of hydrogen-bond acceptors (Lipinski definition) is 3. The minimum absolute atomic E-state index is 0.296. The van der Waals surface area contributed by atoms with Crippen molar-refractivity contribution in [3.63, 3.8) is 0 Å². The Morgan fingerprint density at radius 2 is 2.33 bits per heavy atom. The monoisotopic (exact) mass is 416 g/mol. The van der Waals surface area contributed by atoms with Gasteiger partial charge in [-0.1, -0.05) is 0 Å². The van der Waals surface area contributed by atoms with Crippen LogP contribution in [-0.4, -0.2) is 16.1 Å². The molecule has 0 unspecified atom stereocenters. The van der Waals surface area contributed by atoms with E-state index in [0.29, 0.717) is 21.4 Å². The number of benzene rings is 1. The molecule has 5 nitrogen and oxygen atoms in total. The molecule has 1 amide bonds. The Morgan fingerprint density at radius 1 is 1.56 bits per heavy atom. The molecule has 0 saturated heterocycles. The van der Waals surface area contributed by atoms with Crippen LogP contribution >= 0.6 is 38.5 Å². The van der Waals surface area contributed by atoms with E-state index in [1.54, 1.807) is 12.1 Å². The minimum atomic E-state index is -0.304. The summed E-state index contributed by atoms with van der Waals surface area (Å²) in [6.45, 7) is 0. The molecule has 0 aliphatic rings. The molecule has 7 heteroatoms. The summed E-state index contributed by atoms with van der Waals surface area (Å²) in [5, 5.41) is 17.7. The zero-order chi connectivity index (χ0) is 13.1. The van der Waals surface area contributed by atoms with E-state index in [4.69, 9.17) is 5.26 Å². The molecule has 1 aromatic carbocycles. The average Bonchev–Trinajstić information content (AvgIpc) is 2.79. The zero-order valence-electron chi connectivity index (χ0n) is 8.87. The number of carbonyl (C=O) groups excluding carboxylic acids is 1. The van der Waals surface area contributed by atoms with E-state index in [0.717, 1.165) is 3.57 Å². The fraction of sp³-hybridized carbons (Fsp3) is 0. The molecule has 0 saturated carbocycles. The van der Waals surface area contributed by atoms with E-state index < -0.39 is 0 Å². The van der Waals surface area contributed by atoms with Gasteiger partial charge in [-0.05, 0) is 56.7 Å². The highest BCUT2D eigenvalue weighted by Gasteiger charge is 2.13. The zero-order valence-corrected chi connectivity index (χ0v) is 12.6. The van der Waals surface area contributed by atoms with E-state index in [9.17, 15) is 4.79 Å². The van der Waals surface area contributed by atoms with E-state index in [1.165, 1.54) is 6.20 Å². The first-order chi connectivity index (χ1) is 8.61. The summed E-state index contributed by atoms with van der Waals surface area (Å²) in [5.74, 6) is -0.00518. The lowest BCUT2D eigenvalue weighted by Gasteiger charge is -2.05. The number of nitrogens with zero attached hydrogens (tertiary/aromatic N) is 2. The van der Waals surface area contributed by atoms with Gasteiger partial charge in [-0.2, -0.15) is 10.4 Å². The fourth-order valence-electron chi connectivity index (χ4n) is 1.32. The average molecular weight is 417 g/mol. The van der Waals surface area contributed by atoms with Gasteiger partial charge in [-0.3, -0.25) is 9.89 Å². The van der Waals surface area contributed by atoms with Gasteiger partial charge in [0.25, 0.3) is 5.91 Å². The molecule has 2 N–H and O–H groups in total. The number of hydrogen-bond donors (Lipinski definition) is 2. The Labute approximate surface area is 125 Å². The smallest absolute Gasteiger partial charge is 0.258 e. The van der Waals surface area contributed by atoms with Gasteiger partial charge < -0.3 is 5.32 Å². The molecule has 0 bridgehead atoms. The van der Waals surface area contributed by atoms with Crippen LogP contribution in [0, 0.1) is 14.9 Å². The first-order valence-corrected chi connectivity index (χ1v) is 6.69. The molecule has 0 atom stereocenters. The van der Waals surface area contributed by atoms with Gasteiger partial charge in [-0.15, -0.1) is 0 Å². The summed E-state index contributed by atoms with van der Waals surface area (Å²) in [6.07, 6.45) is 1.36. The Balaban J connectivity index is 2.28. The van der Waals surface area contributed by atoms with Crippen LogP contribution in [0.25, 0.3) is 0 Å². The quantitative estimate of drug-likeness (QED) is 0.738. The third-order valence-corrected chi connectivity index (χ3v) is 3.53. The number of aromatic amines is 1. The highest BCUT2D eigenvalue weighted by Crippen LogP contribution is 2.21. The second-order valence-corrected chi connectivity index (χ2v) is 5.45. The van der Waals surface area contributed by atoms with Crippen LogP contribution in [0.3, 0.4) is 0 Å². The number of H-pyrrole nitrogens is 1. The molecule has 0 aliphatic carbocycles. The Hall–Kier alpha value is -1.40. The minimum Gasteiger partial charge on any atom is -0.306 e. The summed E-state index contributed by atoms with van der Waals surface area (Å²) in [4.78, 5) is 12.1. The van der Waals surface area contributed by atoms with Crippen LogP contribution in [0.4, 0.5) is 5.82 Å². The number of anilines is 1. The maximum atomic E-state index is 12.1. The normalized spacial score (nSPS) is 9.83. The van der Waals surface area contributed by atoms with E-state index in [2.05, 4.69) is 54.0 Å². The van der Waals surface area contributed by atoms with Crippen molar-refractivity contribution in [3.05, 3.63) is 43.6 Å². The lowest BCUT2D eigenvalue weighted by atomic mass is 10.2. The molecule has 1 aromatic heterocycles. The maximum Gasteiger partial charge on any atom is 0.258 e. The van der Waals surface area contributed by atoms with Crippen molar-refractivity contribution in [3.8, 4) is 6.07 Å². The molecule has 90 valence electrons. The molecule has 0 spiro atoms. The summed E-state index contributed by atoms with van der Waals surface area (Å²) in [7, 11) is 0. The van der Waals surface area contributed by atoms with E-state index in [-0.39, 0.29) is 5.91 Å². The van der Waals surface area contributed by atoms with Crippen molar-refractivity contribution in [1.29, 1.82) is 5.26 Å². The number of amides is 1. The van der Waals surface area contributed by atoms with E-state index >= 15 is 0 Å². The highest BCUT2D eigenvalue weighted by molar-refractivity contribution is 14.1. The third kappa shape index (κ3) is 2.70. The highest BCUT2D eigenvalue weighted by atomic mass is 127. The number of aromatic nitrogens is 2. The van der Waals surface area contributed by atoms with Gasteiger partial charge in [-0.25, -0.2) is 0 Å². The van der Waals surface area contributed by atoms with Crippen LogP contribution in [0.1, 0.15) is 15.9 Å². The molecular weight excluding hydrogens is 411 g/mol. The van der Waals surface area contributed by atoms with E-state index in [1.807, 2.05) is 12.1 Å². The van der Waals surface area contributed by atoms with Crippen molar-refractivity contribution in [2.24, 2.45) is 0 Å². The Kier molecular flexibility index (Phi) is 3.98. The molecular formula is C11H6BrIN4O. The van der Waals surface area contributed by atoms with Gasteiger partial charge >= 0.3 is 0 Å². The predicted octanol–water partition coefficient (Wildman–Crippen LogP) is 2.90. The second kappa shape index (κ2) is 5.49. The van der Waals surface area contributed by atoms with Crippen LogP contribution in [-0.2, 0) is 0 Å². The molecule has 1 heterocycles. The second-order valence-electron chi connectivity index (χ2n) is 3.35. The first kappa shape index (κ1) is 13.0. The summed E-state index contributed by atoms with van der Waals surface area (Å²) < 4.78 is 1.64. The molecule has 0 radical (unpaired) electrons. The van der Waals surface area contributed by atoms with Crippen molar-refractivity contribution in [1.82, 2.24) is 10.2 Å². The standard InChI is InChI=1S/C11H6BrIN4O/c12-9-2-1-7(13)3-8(9)11(18)16-10-6(4-14)5-15-17-10/h1-3,5H,(H2,15,16,17,18). The van der Waals surface area contributed by atoms with Gasteiger partial charge in [0.1, 0.15) is 17.5 Å². The largest absolute Gasteiger partial charge is 0.306 e. The lowest BCUT2D eigenvalue weighted by molar-refractivity contribution is 0.102. The third-order valence-electron chi connectivity index (χ3n) is 2.17. The van der Waals surface area contributed by atoms with Gasteiger partial charge in [0, 0.05) is 8.04 Å². The molecule has 2 rings (SSSR count). The molecule has 2 aromatic rings. The van der Waals surface area contributed by atoms with Crippen molar-refractivity contribution < 1.29 is 4.79 Å². The summed E-state index contributed by atoms with van der Waals surface area (Å²) >= 11 is 5.44. The van der Waals surface area contributed by atoms with Crippen molar-refractivity contribution >= 4 is 50.2 Å². The molecule has 0 aliphatic heterocycles. The number of nitriles is 1. The maximum absolute atomic E-state index is 12.1. The van der Waals surface area contributed by atoms with Crippen molar-refractivity contribution in [2.75, 3.05) is 5.32 Å². The van der Waals surface area contributed by atoms with Crippen LogP contribution in [0.2, 0.25) is 0 Å². The topological polar surface area (TPSA) is 81.6 Å². The molecule has 0 fully saturated rings. The molecule has 18 heavy (non-hydrogen) atoms. The number of carbonyl (C=O) groups is 1. The summed E-state index contributed by atoms with van der Waals surface area (Å²) in [6, 6.07) is 7.38. The lowest BCUT2D eigenvalue weighted by Crippen LogP contribution is -2.14. The van der Waals surface area contributed by atoms with Crippen LogP contribution < -0.4 is 5.32 Å². The summed E-state index contributed by atoms with van der Waals surface area (Å²) in [5.41, 5.74) is 0.797. The SMILES string of the molecule is N#Cc1cn[nH]c1NC(=O)c1cc(I)ccc1Br. The van der Waals surface area contributed by atoms with Gasteiger partial charge in [0.15, 0.2) is 0 Å². The van der Waals surface area contributed by atoms with Gasteiger partial charge in [0.05, 0.1) is 11.8 Å². The Bertz CT molecular complexity index is 647. The van der Waals surface area contributed by atoms with Crippen molar-refractivity contribution in [2.45, 2.75) is 0 Å². The van der Waals surface area contributed by atoms with Crippen LogP contribution in [0.15, 0.2) is 28.9 Å². The fourth-order valence-corrected chi connectivity index (χ4v) is 2.24. The number of rotatable bonds is 2. The van der Waals surface area contributed by atoms with Crippen LogP contribution in [0.5, 0.6) is 0 Å².